The lowest BCUT2D eigenvalue weighted by Crippen LogP contribution is -2.53. The van der Waals surface area contributed by atoms with E-state index in [-0.39, 0.29) is 24.0 Å². The SMILES string of the molecule is CCC1CCCC(NC(=NC)NCCN2CCN(C(=O)C3CCC3)CC2)C1.I. The molecule has 3 fully saturated rings. The van der Waals surface area contributed by atoms with Crippen LogP contribution in [0.5, 0.6) is 0 Å². The third-order valence-corrected chi connectivity index (χ3v) is 6.78. The molecule has 7 heteroatoms. The number of guanidine groups is 1. The molecule has 1 heterocycles. The highest BCUT2D eigenvalue weighted by Gasteiger charge is 2.31. The predicted octanol–water partition coefficient (Wildman–Crippen LogP) is 2.68. The highest BCUT2D eigenvalue weighted by Crippen LogP contribution is 2.28. The summed E-state index contributed by atoms with van der Waals surface area (Å²) in [7, 11) is 1.86. The molecule has 2 N–H and O–H groups in total. The molecule has 162 valence electrons. The molecule has 0 aromatic rings. The van der Waals surface area contributed by atoms with Gasteiger partial charge in [0, 0.05) is 58.3 Å². The van der Waals surface area contributed by atoms with Gasteiger partial charge in [-0.1, -0.05) is 32.6 Å². The van der Waals surface area contributed by atoms with E-state index in [1.165, 1.54) is 38.5 Å². The number of nitrogens with one attached hydrogen (secondary N) is 2. The van der Waals surface area contributed by atoms with Crippen molar-refractivity contribution in [1.29, 1.82) is 0 Å². The van der Waals surface area contributed by atoms with E-state index in [4.69, 9.17) is 0 Å². The number of hydrogen-bond donors (Lipinski definition) is 2. The second kappa shape index (κ2) is 12.2. The van der Waals surface area contributed by atoms with Gasteiger partial charge in [0.25, 0.3) is 0 Å². The summed E-state index contributed by atoms with van der Waals surface area (Å²) >= 11 is 0. The lowest BCUT2D eigenvalue weighted by atomic mass is 9.84. The van der Waals surface area contributed by atoms with Crippen molar-refractivity contribution in [3.8, 4) is 0 Å². The molecule has 0 aromatic heterocycles. The number of rotatable bonds is 6. The molecule has 1 saturated heterocycles. The monoisotopic (exact) mass is 505 g/mol. The summed E-state index contributed by atoms with van der Waals surface area (Å²) in [5.74, 6) is 2.55. The highest BCUT2D eigenvalue weighted by atomic mass is 127. The van der Waals surface area contributed by atoms with Crippen molar-refractivity contribution in [3.05, 3.63) is 0 Å². The first-order chi connectivity index (χ1) is 13.2. The molecule has 2 saturated carbocycles. The van der Waals surface area contributed by atoms with Crippen molar-refractivity contribution in [2.75, 3.05) is 46.3 Å². The smallest absolute Gasteiger partial charge is 0.225 e. The van der Waals surface area contributed by atoms with E-state index in [0.29, 0.717) is 17.9 Å². The number of piperazine rings is 1. The van der Waals surface area contributed by atoms with E-state index in [2.05, 4.69) is 32.3 Å². The number of carbonyl (C=O) groups is 1. The Morgan fingerprint density at radius 3 is 2.39 bits per heavy atom. The van der Waals surface area contributed by atoms with Gasteiger partial charge in [0.05, 0.1) is 0 Å². The van der Waals surface area contributed by atoms with E-state index in [9.17, 15) is 4.79 Å². The first-order valence-electron chi connectivity index (χ1n) is 11.2. The first kappa shape index (κ1) is 23.7. The summed E-state index contributed by atoms with van der Waals surface area (Å²) in [5, 5.41) is 7.11. The minimum Gasteiger partial charge on any atom is -0.355 e. The van der Waals surface area contributed by atoms with Crippen LogP contribution >= 0.6 is 24.0 Å². The van der Waals surface area contributed by atoms with Crippen molar-refractivity contribution in [3.63, 3.8) is 0 Å². The van der Waals surface area contributed by atoms with Crippen LogP contribution in [0.2, 0.25) is 0 Å². The summed E-state index contributed by atoms with van der Waals surface area (Å²) in [6.07, 6.45) is 9.98. The molecule has 0 radical (unpaired) electrons. The van der Waals surface area contributed by atoms with Gasteiger partial charge in [0.15, 0.2) is 5.96 Å². The van der Waals surface area contributed by atoms with Crippen LogP contribution in [0, 0.1) is 11.8 Å². The fourth-order valence-electron chi connectivity index (χ4n) is 4.62. The maximum atomic E-state index is 12.3. The topological polar surface area (TPSA) is 60.0 Å². The normalized spacial score (nSPS) is 26.9. The lowest BCUT2D eigenvalue weighted by molar-refractivity contribution is -0.139. The first-order valence-corrected chi connectivity index (χ1v) is 11.2. The van der Waals surface area contributed by atoms with Crippen LogP contribution in [0.25, 0.3) is 0 Å². The Balaban J connectivity index is 0.00000280. The van der Waals surface area contributed by atoms with Gasteiger partial charge in [0.2, 0.25) is 5.91 Å². The highest BCUT2D eigenvalue weighted by molar-refractivity contribution is 14.0. The average molecular weight is 505 g/mol. The lowest BCUT2D eigenvalue weighted by Gasteiger charge is -2.38. The zero-order valence-corrected chi connectivity index (χ0v) is 20.1. The van der Waals surface area contributed by atoms with Crippen molar-refractivity contribution in [2.45, 2.75) is 64.3 Å². The van der Waals surface area contributed by atoms with Crippen molar-refractivity contribution in [2.24, 2.45) is 16.8 Å². The van der Waals surface area contributed by atoms with Gasteiger partial charge in [-0.25, -0.2) is 0 Å². The molecule has 1 aliphatic heterocycles. The summed E-state index contributed by atoms with van der Waals surface area (Å²) in [6.45, 7) is 7.99. The fourth-order valence-corrected chi connectivity index (χ4v) is 4.62. The third-order valence-electron chi connectivity index (χ3n) is 6.78. The molecule has 2 unspecified atom stereocenters. The Morgan fingerprint density at radius 2 is 1.79 bits per heavy atom. The minimum atomic E-state index is 0. The Morgan fingerprint density at radius 1 is 1.07 bits per heavy atom. The Bertz CT molecular complexity index is 503. The molecule has 1 amide bonds. The minimum absolute atomic E-state index is 0. The number of nitrogens with zero attached hydrogens (tertiary/aromatic N) is 3. The molecule has 3 rings (SSSR count). The van der Waals surface area contributed by atoms with E-state index >= 15 is 0 Å². The van der Waals surface area contributed by atoms with E-state index in [0.717, 1.165) is 64.0 Å². The van der Waals surface area contributed by atoms with Crippen LogP contribution in [0.15, 0.2) is 4.99 Å². The molecule has 2 atom stereocenters. The van der Waals surface area contributed by atoms with Gasteiger partial charge in [-0.05, 0) is 31.6 Å². The fraction of sp³-hybridized carbons (Fsp3) is 0.905. The molecular formula is C21H40IN5O. The van der Waals surface area contributed by atoms with Crippen molar-refractivity contribution >= 4 is 35.8 Å². The zero-order valence-electron chi connectivity index (χ0n) is 17.8. The van der Waals surface area contributed by atoms with Gasteiger partial charge in [-0.3, -0.25) is 14.7 Å². The summed E-state index contributed by atoms with van der Waals surface area (Å²) in [6, 6.07) is 0.566. The standard InChI is InChI=1S/C21H39N5O.HI/c1-3-17-6-4-9-19(16-17)24-21(22-2)23-10-11-25-12-14-26(15-13-25)20(27)18-7-5-8-18;/h17-19H,3-16H2,1-2H3,(H2,22,23,24);1H. The van der Waals surface area contributed by atoms with Crippen LogP contribution in [-0.4, -0.2) is 74.0 Å². The van der Waals surface area contributed by atoms with E-state index in [1.54, 1.807) is 0 Å². The van der Waals surface area contributed by atoms with Crippen LogP contribution in [0.1, 0.15) is 58.3 Å². The van der Waals surface area contributed by atoms with Gasteiger partial charge in [0.1, 0.15) is 0 Å². The van der Waals surface area contributed by atoms with Gasteiger partial charge in [-0.2, -0.15) is 0 Å². The van der Waals surface area contributed by atoms with Crippen LogP contribution < -0.4 is 10.6 Å². The third kappa shape index (κ3) is 6.75. The van der Waals surface area contributed by atoms with E-state index in [1.807, 2.05) is 7.05 Å². The van der Waals surface area contributed by atoms with Crippen LogP contribution in [0.3, 0.4) is 0 Å². The molecule has 3 aliphatic rings. The van der Waals surface area contributed by atoms with E-state index < -0.39 is 0 Å². The number of hydrogen-bond acceptors (Lipinski definition) is 3. The molecule has 28 heavy (non-hydrogen) atoms. The molecule has 0 bridgehead atoms. The number of amides is 1. The van der Waals surface area contributed by atoms with Crippen LogP contribution in [-0.2, 0) is 4.79 Å². The molecule has 0 aromatic carbocycles. The molecule has 6 nitrogen and oxygen atoms in total. The average Bonchev–Trinajstić information content (AvgIpc) is 2.66. The van der Waals surface area contributed by atoms with Gasteiger partial charge < -0.3 is 15.5 Å². The molecule has 0 spiro atoms. The number of carbonyl (C=O) groups excluding carboxylic acids is 1. The number of halogens is 1. The Hall–Kier alpha value is -0.570. The zero-order chi connectivity index (χ0) is 19.1. The Kier molecular flexibility index (Phi) is 10.3. The predicted molar refractivity (Wildman–Crippen MR) is 126 cm³/mol. The molecule has 2 aliphatic carbocycles. The Labute approximate surface area is 188 Å². The van der Waals surface area contributed by atoms with Crippen LogP contribution in [0.4, 0.5) is 0 Å². The second-order valence-electron chi connectivity index (χ2n) is 8.58. The van der Waals surface area contributed by atoms with Crippen molar-refractivity contribution in [1.82, 2.24) is 20.4 Å². The van der Waals surface area contributed by atoms with Gasteiger partial charge >= 0.3 is 0 Å². The maximum absolute atomic E-state index is 12.3. The summed E-state index contributed by atoms with van der Waals surface area (Å²) in [5.41, 5.74) is 0. The second-order valence-corrected chi connectivity index (χ2v) is 8.58. The van der Waals surface area contributed by atoms with Gasteiger partial charge in [-0.15, -0.1) is 24.0 Å². The van der Waals surface area contributed by atoms with Crippen molar-refractivity contribution < 1.29 is 4.79 Å². The quantitative estimate of drug-likeness (QED) is 0.331. The maximum Gasteiger partial charge on any atom is 0.225 e. The largest absolute Gasteiger partial charge is 0.355 e. The molecular weight excluding hydrogens is 465 g/mol. The number of aliphatic imine (C=N–C) groups is 1. The summed E-state index contributed by atoms with van der Waals surface area (Å²) in [4.78, 5) is 21.3. The summed E-state index contributed by atoms with van der Waals surface area (Å²) < 4.78 is 0.